The summed E-state index contributed by atoms with van der Waals surface area (Å²) in [5.41, 5.74) is 0. The minimum absolute atomic E-state index is 0.371. The maximum absolute atomic E-state index is 10.7. The second-order valence-corrected chi connectivity index (χ2v) is 3.86. The predicted molar refractivity (Wildman–Crippen MR) is 60.4 cm³/mol. The highest BCUT2D eigenvalue weighted by Crippen LogP contribution is 2.02. The molecule has 0 amide bonds. The van der Waals surface area contributed by atoms with Crippen LogP contribution >= 0.6 is 0 Å². The fourth-order valence-electron chi connectivity index (χ4n) is 1.43. The molecule has 0 fully saturated rings. The lowest BCUT2D eigenvalue weighted by Crippen LogP contribution is -2.39. The van der Waals surface area contributed by atoms with Crippen LogP contribution in [0.25, 0.3) is 0 Å². The predicted octanol–water partition coefficient (Wildman–Crippen LogP) is 1.47. The van der Waals surface area contributed by atoms with E-state index in [9.17, 15) is 9.59 Å². The third-order valence-electron chi connectivity index (χ3n) is 2.35. The van der Waals surface area contributed by atoms with Gasteiger partial charge in [-0.3, -0.25) is 9.59 Å². The summed E-state index contributed by atoms with van der Waals surface area (Å²) in [6.07, 6.45) is 5.09. The zero-order valence-electron chi connectivity index (χ0n) is 9.74. The first-order chi connectivity index (χ1) is 7.57. The molecular formula is C11H21NO4. The first kappa shape index (κ1) is 14.9. The van der Waals surface area contributed by atoms with Crippen molar-refractivity contribution in [1.82, 2.24) is 5.32 Å². The maximum atomic E-state index is 10.7. The SMILES string of the molecule is CCCCCCCNC(CC(=O)O)C(=O)O. The van der Waals surface area contributed by atoms with Gasteiger partial charge in [0.15, 0.2) is 0 Å². The highest BCUT2D eigenvalue weighted by atomic mass is 16.4. The van der Waals surface area contributed by atoms with Crippen molar-refractivity contribution in [2.45, 2.75) is 51.5 Å². The number of hydrogen-bond donors (Lipinski definition) is 3. The van der Waals surface area contributed by atoms with Gasteiger partial charge in [0.1, 0.15) is 6.04 Å². The number of carbonyl (C=O) groups is 2. The van der Waals surface area contributed by atoms with Crippen LogP contribution in [0.4, 0.5) is 0 Å². The standard InChI is InChI=1S/C11H21NO4/c1-2-3-4-5-6-7-12-9(11(15)16)8-10(13)14/h9,12H,2-8H2,1H3,(H,13,14)(H,15,16). The summed E-state index contributed by atoms with van der Waals surface area (Å²) < 4.78 is 0. The Labute approximate surface area is 95.9 Å². The van der Waals surface area contributed by atoms with Gasteiger partial charge in [0.2, 0.25) is 0 Å². The molecule has 94 valence electrons. The molecule has 0 saturated heterocycles. The van der Waals surface area contributed by atoms with Crippen LogP contribution in [0.15, 0.2) is 0 Å². The molecule has 1 atom stereocenters. The Morgan fingerprint density at radius 1 is 1.12 bits per heavy atom. The first-order valence-electron chi connectivity index (χ1n) is 5.76. The van der Waals surface area contributed by atoms with Crippen LogP contribution in [-0.2, 0) is 9.59 Å². The molecule has 0 heterocycles. The number of hydrogen-bond acceptors (Lipinski definition) is 3. The van der Waals surface area contributed by atoms with Gasteiger partial charge in [-0.05, 0) is 13.0 Å². The molecule has 0 aliphatic carbocycles. The van der Waals surface area contributed by atoms with Gasteiger partial charge in [0.25, 0.3) is 0 Å². The van der Waals surface area contributed by atoms with Crippen molar-refractivity contribution < 1.29 is 19.8 Å². The van der Waals surface area contributed by atoms with Crippen LogP contribution < -0.4 is 5.32 Å². The lowest BCUT2D eigenvalue weighted by molar-refractivity contribution is -0.145. The highest BCUT2D eigenvalue weighted by molar-refractivity contribution is 5.80. The molecule has 0 aromatic carbocycles. The zero-order chi connectivity index (χ0) is 12.4. The van der Waals surface area contributed by atoms with E-state index in [1.807, 2.05) is 0 Å². The molecule has 0 bridgehead atoms. The van der Waals surface area contributed by atoms with Crippen LogP contribution in [0.5, 0.6) is 0 Å². The summed E-state index contributed by atoms with van der Waals surface area (Å²) in [6, 6.07) is -0.969. The van der Waals surface area contributed by atoms with Crippen LogP contribution in [0.2, 0.25) is 0 Å². The number of rotatable bonds is 10. The Morgan fingerprint density at radius 2 is 1.75 bits per heavy atom. The van der Waals surface area contributed by atoms with Crippen LogP contribution in [-0.4, -0.2) is 34.7 Å². The first-order valence-corrected chi connectivity index (χ1v) is 5.76. The van der Waals surface area contributed by atoms with Gasteiger partial charge < -0.3 is 15.5 Å². The molecule has 0 radical (unpaired) electrons. The summed E-state index contributed by atoms with van der Waals surface area (Å²) in [5, 5.41) is 20.0. The summed E-state index contributed by atoms with van der Waals surface area (Å²) in [4.78, 5) is 21.1. The van der Waals surface area contributed by atoms with Gasteiger partial charge in [-0.1, -0.05) is 32.6 Å². The normalized spacial score (nSPS) is 12.3. The Morgan fingerprint density at radius 3 is 2.25 bits per heavy atom. The Balaban J connectivity index is 3.60. The van der Waals surface area contributed by atoms with E-state index in [2.05, 4.69) is 12.2 Å². The molecule has 0 aromatic rings. The molecule has 16 heavy (non-hydrogen) atoms. The quantitative estimate of drug-likeness (QED) is 0.496. The van der Waals surface area contributed by atoms with Gasteiger partial charge in [0, 0.05) is 0 Å². The monoisotopic (exact) mass is 231 g/mol. The molecule has 0 saturated carbocycles. The molecule has 5 nitrogen and oxygen atoms in total. The topological polar surface area (TPSA) is 86.6 Å². The van der Waals surface area contributed by atoms with Crippen molar-refractivity contribution in [3.8, 4) is 0 Å². The van der Waals surface area contributed by atoms with Crippen molar-refractivity contribution in [3.05, 3.63) is 0 Å². The zero-order valence-corrected chi connectivity index (χ0v) is 9.74. The molecule has 0 aromatic heterocycles. The Bertz CT molecular complexity index is 218. The second kappa shape index (κ2) is 9.15. The van der Waals surface area contributed by atoms with Gasteiger partial charge >= 0.3 is 11.9 Å². The minimum Gasteiger partial charge on any atom is -0.481 e. The van der Waals surface area contributed by atoms with Crippen LogP contribution in [0.1, 0.15) is 45.4 Å². The fraction of sp³-hybridized carbons (Fsp3) is 0.818. The highest BCUT2D eigenvalue weighted by Gasteiger charge is 2.19. The molecule has 1 unspecified atom stereocenters. The summed E-state index contributed by atoms with van der Waals surface area (Å²) in [6.45, 7) is 2.69. The molecule has 0 rings (SSSR count). The molecular weight excluding hydrogens is 210 g/mol. The number of nitrogens with one attached hydrogen (secondary N) is 1. The average molecular weight is 231 g/mol. The van der Waals surface area contributed by atoms with Gasteiger partial charge in [-0.15, -0.1) is 0 Å². The largest absolute Gasteiger partial charge is 0.481 e. The summed E-state index contributed by atoms with van der Waals surface area (Å²) >= 11 is 0. The van der Waals surface area contributed by atoms with Crippen molar-refractivity contribution >= 4 is 11.9 Å². The lowest BCUT2D eigenvalue weighted by Gasteiger charge is -2.11. The van der Waals surface area contributed by atoms with Crippen molar-refractivity contribution in [2.24, 2.45) is 0 Å². The third-order valence-corrected chi connectivity index (χ3v) is 2.35. The average Bonchev–Trinajstić information content (AvgIpc) is 2.20. The van der Waals surface area contributed by atoms with Crippen LogP contribution in [0.3, 0.4) is 0 Å². The number of aliphatic carboxylic acids is 2. The molecule has 3 N–H and O–H groups in total. The van der Waals surface area contributed by atoms with E-state index in [1.165, 1.54) is 12.8 Å². The van der Waals surface area contributed by atoms with Gasteiger partial charge in [0.05, 0.1) is 6.42 Å². The van der Waals surface area contributed by atoms with Gasteiger partial charge in [-0.25, -0.2) is 0 Å². The van der Waals surface area contributed by atoms with Crippen molar-refractivity contribution in [2.75, 3.05) is 6.54 Å². The van der Waals surface area contributed by atoms with Crippen molar-refractivity contribution in [1.29, 1.82) is 0 Å². The Kier molecular flexibility index (Phi) is 8.52. The van der Waals surface area contributed by atoms with E-state index in [0.717, 1.165) is 19.3 Å². The number of carboxylic acids is 2. The second-order valence-electron chi connectivity index (χ2n) is 3.86. The van der Waals surface area contributed by atoms with Gasteiger partial charge in [-0.2, -0.15) is 0 Å². The smallest absolute Gasteiger partial charge is 0.321 e. The fourth-order valence-corrected chi connectivity index (χ4v) is 1.43. The molecule has 0 spiro atoms. The lowest BCUT2D eigenvalue weighted by atomic mass is 10.1. The van der Waals surface area contributed by atoms with E-state index >= 15 is 0 Å². The van der Waals surface area contributed by atoms with Crippen molar-refractivity contribution in [3.63, 3.8) is 0 Å². The molecule has 0 aliphatic heterocycles. The number of carboxylic acid groups (broad SMARTS) is 2. The summed E-state index contributed by atoms with van der Waals surface area (Å²) in [5.74, 6) is -2.19. The van der Waals surface area contributed by atoms with E-state index < -0.39 is 18.0 Å². The Hall–Kier alpha value is -1.10. The van der Waals surface area contributed by atoms with E-state index in [-0.39, 0.29) is 6.42 Å². The van der Waals surface area contributed by atoms with E-state index in [0.29, 0.717) is 6.54 Å². The molecule has 0 aliphatic rings. The van der Waals surface area contributed by atoms with E-state index in [1.54, 1.807) is 0 Å². The van der Waals surface area contributed by atoms with Crippen LogP contribution in [0, 0.1) is 0 Å². The number of unbranched alkanes of at least 4 members (excludes halogenated alkanes) is 4. The minimum atomic E-state index is -1.10. The van der Waals surface area contributed by atoms with E-state index in [4.69, 9.17) is 10.2 Å². The third kappa shape index (κ3) is 8.23. The molecule has 5 heteroatoms. The maximum Gasteiger partial charge on any atom is 0.321 e. The summed E-state index contributed by atoms with van der Waals surface area (Å²) in [7, 11) is 0.